The molecule has 6 heteroatoms. The molecule has 0 saturated heterocycles. The fourth-order valence-electron chi connectivity index (χ4n) is 2.53. The van der Waals surface area contributed by atoms with Crippen LogP contribution < -0.4 is 10.4 Å². The molecule has 0 aliphatic heterocycles. The number of esters is 1. The van der Waals surface area contributed by atoms with Gasteiger partial charge in [-0.25, -0.2) is 18.4 Å². The summed E-state index contributed by atoms with van der Waals surface area (Å²) < 4.78 is 36.8. The van der Waals surface area contributed by atoms with Gasteiger partial charge >= 0.3 is 11.6 Å². The van der Waals surface area contributed by atoms with Gasteiger partial charge in [0.15, 0.2) is 0 Å². The number of carbonyl (C=O) groups is 1. The van der Waals surface area contributed by atoms with Gasteiger partial charge in [0.25, 0.3) is 0 Å². The van der Waals surface area contributed by atoms with Crippen LogP contribution in [0, 0.1) is 11.6 Å². The van der Waals surface area contributed by atoms with Gasteiger partial charge in [-0.15, -0.1) is 0 Å². The number of rotatable bonds is 3. The van der Waals surface area contributed by atoms with E-state index in [9.17, 15) is 18.4 Å². The third kappa shape index (κ3) is 3.42. The van der Waals surface area contributed by atoms with Gasteiger partial charge in [-0.2, -0.15) is 0 Å². The standard InChI is InChI=1S/C19H14F2O4/c1-10(2)15-9-18(22)25-17-8-12(4-6-13(15)17)24-19(23)14-5-3-11(20)7-16(14)21/h3-10H,1-2H3. The van der Waals surface area contributed by atoms with Gasteiger partial charge < -0.3 is 9.15 Å². The first kappa shape index (κ1) is 16.8. The molecule has 0 atom stereocenters. The Kier molecular flexibility index (Phi) is 4.35. The zero-order valence-electron chi connectivity index (χ0n) is 13.5. The molecule has 25 heavy (non-hydrogen) atoms. The molecule has 3 aromatic rings. The Morgan fingerprint density at radius 2 is 1.84 bits per heavy atom. The lowest BCUT2D eigenvalue weighted by atomic mass is 10.00. The summed E-state index contributed by atoms with van der Waals surface area (Å²) in [6, 6.07) is 8.57. The van der Waals surface area contributed by atoms with Crippen LogP contribution in [0.1, 0.15) is 35.7 Å². The molecule has 0 bridgehead atoms. The van der Waals surface area contributed by atoms with Gasteiger partial charge in [0.05, 0.1) is 5.56 Å². The highest BCUT2D eigenvalue weighted by Gasteiger charge is 2.16. The molecule has 0 unspecified atom stereocenters. The fraction of sp³-hybridized carbons (Fsp3) is 0.158. The van der Waals surface area contributed by atoms with Crippen molar-refractivity contribution in [3.05, 3.63) is 75.6 Å². The Labute approximate surface area is 141 Å². The highest BCUT2D eigenvalue weighted by molar-refractivity contribution is 5.92. The zero-order chi connectivity index (χ0) is 18.1. The van der Waals surface area contributed by atoms with Crippen molar-refractivity contribution >= 4 is 16.9 Å². The summed E-state index contributed by atoms with van der Waals surface area (Å²) in [5.74, 6) is -2.58. The van der Waals surface area contributed by atoms with Gasteiger partial charge in [-0.05, 0) is 35.7 Å². The monoisotopic (exact) mass is 344 g/mol. The molecule has 0 aliphatic carbocycles. The summed E-state index contributed by atoms with van der Waals surface area (Å²) in [5.41, 5.74) is 0.179. The minimum absolute atomic E-state index is 0.0882. The third-order valence-corrected chi connectivity index (χ3v) is 3.73. The molecular weight excluding hydrogens is 330 g/mol. The van der Waals surface area contributed by atoms with Crippen LogP contribution in [0.3, 0.4) is 0 Å². The predicted octanol–water partition coefficient (Wildman–Crippen LogP) is 4.41. The Morgan fingerprint density at radius 1 is 1.08 bits per heavy atom. The van der Waals surface area contributed by atoms with Crippen LogP contribution in [-0.4, -0.2) is 5.97 Å². The summed E-state index contributed by atoms with van der Waals surface area (Å²) in [5, 5.41) is 0.724. The van der Waals surface area contributed by atoms with E-state index in [0.717, 1.165) is 23.1 Å². The first-order valence-electron chi connectivity index (χ1n) is 7.60. The number of halogens is 2. The highest BCUT2D eigenvalue weighted by atomic mass is 19.1. The van der Waals surface area contributed by atoms with Crippen LogP contribution in [0.4, 0.5) is 8.78 Å². The molecule has 0 N–H and O–H groups in total. The lowest BCUT2D eigenvalue weighted by Gasteiger charge is -2.10. The van der Waals surface area contributed by atoms with Crippen LogP contribution in [0.2, 0.25) is 0 Å². The van der Waals surface area contributed by atoms with Crippen molar-refractivity contribution in [1.82, 2.24) is 0 Å². The first-order chi connectivity index (χ1) is 11.8. The smallest absolute Gasteiger partial charge is 0.346 e. The molecule has 0 fully saturated rings. The summed E-state index contributed by atoms with van der Waals surface area (Å²) in [6.07, 6.45) is 0. The summed E-state index contributed by atoms with van der Waals surface area (Å²) in [6.45, 7) is 3.89. The Bertz CT molecular complexity index is 1020. The van der Waals surface area contributed by atoms with E-state index in [2.05, 4.69) is 0 Å². The van der Waals surface area contributed by atoms with Crippen molar-refractivity contribution in [3.63, 3.8) is 0 Å². The first-order valence-corrected chi connectivity index (χ1v) is 7.60. The fourth-order valence-corrected chi connectivity index (χ4v) is 2.53. The molecule has 3 rings (SSSR count). The van der Waals surface area contributed by atoms with E-state index in [1.54, 1.807) is 6.07 Å². The number of carbonyl (C=O) groups excluding carboxylic acids is 1. The number of hydrogen-bond donors (Lipinski definition) is 0. The van der Waals surface area contributed by atoms with Crippen molar-refractivity contribution in [2.75, 3.05) is 0 Å². The van der Waals surface area contributed by atoms with Crippen molar-refractivity contribution < 1.29 is 22.7 Å². The van der Waals surface area contributed by atoms with Crippen molar-refractivity contribution in [3.8, 4) is 5.75 Å². The minimum atomic E-state index is -1.01. The second-order valence-electron chi connectivity index (χ2n) is 5.85. The van der Waals surface area contributed by atoms with E-state index < -0.39 is 23.2 Å². The van der Waals surface area contributed by atoms with Gasteiger partial charge in [0.2, 0.25) is 0 Å². The average Bonchev–Trinajstić information content (AvgIpc) is 2.53. The number of ether oxygens (including phenoxy) is 1. The second-order valence-corrected chi connectivity index (χ2v) is 5.85. The van der Waals surface area contributed by atoms with E-state index in [0.29, 0.717) is 6.07 Å². The summed E-state index contributed by atoms with van der Waals surface area (Å²) in [7, 11) is 0. The van der Waals surface area contributed by atoms with Gasteiger partial charge in [-0.3, -0.25) is 0 Å². The Balaban J connectivity index is 1.97. The molecule has 2 aromatic carbocycles. The van der Waals surface area contributed by atoms with Gasteiger partial charge in [-0.1, -0.05) is 13.8 Å². The third-order valence-electron chi connectivity index (χ3n) is 3.73. The number of hydrogen-bond acceptors (Lipinski definition) is 4. The van der Waals surface area contributed by atoms with Gasteiger partial charge in [0, 0.05) is 23.6 Å². The number of benzene rings is 2. The molecule has 0 aliphatic rings. The molecule has 128 valence electrons. The SMILES string of the molecule is CC(C)c1cc(=O)oc2cc(OC(=O)c3ccc(F)cc3F)ccc12. The molecular formula is C19H14F2O4. The maximum absolute atomic E-state index is 13.7. The van der Waals surface area contributed by atoms with E-state index in [4.69, 9.17) is 9.15 Å². The van der Waals surface area contributed by atoms with Crippen molar-refractivity contribution in [1.29, 1.82) is 0 Å². The van der Waals surface area contributed by atoms with E-state index >= 15 is 0 Å². The van der Waals surface area contributed by atoms with Crippen LogP contribution in [-0.2, 0) is 0 Å². The lowest BCUT2D eigenvalue weighted by Crippen LogP contribution is -2.11. The quantitative estimate of drug-likeness (QED) is 0.401. The highest BCUT2D eigenvalue weighted by Crippen LogP contribution is 2.27. The van der Waals surface area contributed by atoms with Crippen LogP contribution >= 0.6 is 0 Å². The molecule has 4 nitrogen and oxygen atoms in total. The summed E-state index contributed by atoms with van der Waals surface area (Å²) >= 11 is 0. The minimum Gasteiger partial charge on any atom is -0.423 e. The predicted molar refractivity (Wildman–Crippen MR) is 87.9 cm³/mol. The molecule has 0 saturated carbocycles. The maximum atomic E-state index is 13.7. The average molecular weight is 344 g/mol. The molecule has 1 aromatic heterocycles. The van der Waals surface area contributed by atoms with Crippen molar-refractivity contribution in [2.45, 2.75) is 19.8 Å². The van der Waals surface area contributed by atoms with E-state index in [1.807, 2.05) is 13.8 Å². The van der Waals surface area contributed by atoms with E-state index in [1.165, 1.54) is 18.2 Å². The Hall–Kier alpha value is -3.02. The normalized spacial score (nSPS) is 11.1. The molecule has 0 spiro atoms. The molecule has 1 heterocycles. The summed E-state index contributed by atoms with van der Waals surface area (Å²) in [4.78, 5) is 23.7. The van der Waals surface area contributed by atoms with Crippen LogP contribution in [0.15, 0.2) is 51.7 Å². The number of fused-ring (bicyclic) bond motifs is 1. The van der Waals surface area contributed by atoms with Crippen molar-refractivity contribution in [2.24, 2.45) is 0 Å². The second kappa shape index (κ2) is 6.47. The van der Waals surface area contributed by atoms with Crippen LogP contribution in [0.25, 0.3) is 11.0 Å². The van der Waals surface area contributed by atoms with Gasteiger partial charge in [0.1, 0.15) is 23.0 Å². The topological polar surface area (TPSA) is 56.5 Å². The maximum Gasteiger partial charge on any atom is 0.346 e. The molecule has 0 amide bonds. The largest absolute Gasteiger partial charge is 0.423 e. The Morgan fingerprint density at radius 3 is 2.52 bits per heavy atom. The van der Waals surface area contributed by atoms with Crippen LogP contribution in [0.5, 0.6) is 5.75 Å². The lowest BCUT2D eigenvalue weighted by molar-refractivity contribution is 0.0730. The van der Waals surface area contributed by atoms with E-state index in [-0.39, 0.29) is 22.8 Å². The zero-order valence-corrected chi connectivity index (χ0v) is 13.5. The molecule has 0 radical (unpaired) electrons.